The summed E-state index contributed by atoms with van der Waals surface area (Å²) in [6.07, 6.45) is -4.88. The van der Waals surface area contributed by atoms with E-state index in [1.807, 2.05) is 0 Å². The molecule has 0 aliphatic carbocycles. The van der Waals surface area contributed by atoms with Crippen LogP contribution in [0.5, 0.6) is 17.4 Å². The minimum atomic E-state index is -5.06. The molecule has 1 aromatic carbocycles. The van der Waals surface area contributed by atoms with Gasteiger partial charge in [-0.1, -0.05) is 12.1 Å². The number of carbonyl (C=O) groups is 2. The van der Waals surface area contributed by atoms with Gasteiger partial charge in [-0.05, 0) is 19.1 Å². The van der Waals surface area contributed by atoms with Crippen molar-refractivity contribution in [2.24, 2.45) is 0 Å². The lowest BCUT2D eigenvalue weighted by Gasteiger charge is -2.22. The Labute approximate surface area is 166 Å². The molecule has 1 aromatic heterocycles. The first kappa shape index (κ1) is 22.6. The summed E-state index contributed by atoms with van der Waals surface area (Å²) in [5.74, 6) is -6.11. The topological polar surface area (TPSA) is 91.8 Å². The number of hydrogen-bond donors (Lipinski definition) is 2. The van der Waals surface area contributed by atoms with Crippen LogP contribution in [0, 0.1) is 11.6 Å². The molecule has 0 atom stereocenters. The van der Waals surface area contributed by atoms with Gasteiger partial charge in [-0.25, -0.2) is 13.6 Å². The smallest absolute Gasteiger partial charge is 0.431 e. The van der Waals surface area contributed by atoms with Gasteiger partial charge in [-0.2, -0.15) is 18.2 Å². The van der Waals surface area contributed by atoms with Crippen LogP contribution in [0.4, 0.5) is 32.6 Å². The van der Waals surface area contributed by atoms with Crippen molar-refractivity contribution in [2.75, 3.05) is 12.4 Å². The van der Waals surface area contributed by atoms with Crippen molar-refractivity contribution in [1.29, 1.82) is 0 Å². The molecule has 2 rings (SSSR count). The number of phenols is 1. The van der Waals surface area contributed by atoms with Crippen LogP contribution in [-0.2, 0) is 4.79 Å². The highest BCUT2D eigenvalue weighted by molar-refractivity contribution is 5.92. The number of alkyl halides is 3. The molecule has 0 bridgehead atoms. The number of phenolic OH excluding ortho intramolecular Hbond substituents is 1. The molecule has 30 heavy (non-hydrogen) atoms. The summed E-state index contributed by atoms with van der Waals surface area (Å²) in [7, 11) is 0.693. The average Bonchev–Trinajstić information content (AvgIpc) is 2.63. The fourth-order valence-electron chi connectivity index (χ4n) is 2.11. The van der Waals surface area contributed by atoms with Gasteiger partial charge in [0.15, 0.2) is 34.7 Å². The van der Waals surface area contributed by atoms with E-state index in [0.717, 1.165) is 6.92 Å². The van der Waals surface area contributed by atoms with Crippen LogP contribution < -0.4 is 10.1 Å². The highest BCUT2D eigenvalue weighted by Crippen LogP contribution is 2.32. The molecular weight excluding hydrogens is 417 g/mol. The van der Waals surface area contributed by atoms with E-state index < -0.39 is 52.8 Å². The molecule has 7 nitrogen and oxygen atoms in total. The second-order valence-electron chi connectivity index (χ2n) is 5.80. The van der Waals surface area contributed by atoms with Gasteiger partial charge < -0.3 is 9.84 Å². The minimum absolute atomic E-state index is 0.0232. The van der Waals surface area contributed by atoms with Gasteiger partial charge in [0.05, 0.1) is 0 Å². The van der Waals surface area contributed by atoms with Crippen LogP contribution in [0.1, 0.15) is 6.92 Å². The van der Waals surface area contributed by atoms with Gasteiger partial charge in [0.25, 0.3) is 5.88 Å². The SMILES string of the molecule is CC(=O)/C=C(\N(C)C(=O)Nc1nc(Oc2ccccc2O)c(F)cc1F)C(F)(F)F. The number of aromatic nitrogens is 1. The number of pyridine rings is 1. The highest BCUT2D eigenvalue weighted by Gasteiger charge is 2.39. The molecule has 2 N–H and O–H groups in total. The number of urea groups is 1. The number of halogens is 5. The predicted octanol–water partition coefficient (Wildman–Crippen LogP) is 4.36. The summed E-state index contributed by atoms with van der Waals surface area (Å²) in [6, 6.07) is 4.13. The molecule has 0 aliphatic rings. The second-order valence-corrected chi connectivity index (χ2v) is 5.80. The molecule has 0 radical (unpaired) electrons. The summed E-state index contributed by atoms with van der Waals surface area (Å²) in [5.41, 5.74) is -1.61. The van der Waals surface area contributed by atoms with E-state index in [2.05, 4.69) is 4.98 Å². The maximum absolute atomic E-state index is 14.0. The van der Waals surface area contributed by atoms with Crippen molar-refractivity contribution < 1.29 is 41.4 Å². The van der Waals surface area contributed by atoms with E-state index in [1.165, 1.54) is 24.3 Å². The molecule has 1 heterocycles. The van der Waals surface area contributed by atoms with E-state index in [9.17, 15) is 36.6 Å². The quantitative estimate of drug-likeness (QED) is 0.542. The monoisotopic (exact) mass is 431 g/mol. The molecule has 0 fully saturated rings. The maximum atomic E-state index is 14.0. The van der Waals surface area contributed by atoms with Crippen LogP contribution in [0.25, 0.3) is 0 Å². The summed E-state index contributed by atoms with van der Waals surface area (Å²) in [4.78, 5) is 26.6. The Hall–Kier alpha value is -3.70. The zero-order valence-electron chi connectivity index (χ0n) is 15.4. The molecule has 0 unspecified atom stereocenters. The van der Waals surface area contributed by atoms with Crippen LogP contribution in [-0.4, -0.2) is 40.0 Å². The van der Waals surface area contributed by atoms with Gasteiger partial charge in [0.1, 0.15) is 5.70 Å². The molecule has 0 saturated carbocycles. The van der Waals surface area contributed by atoms with E-state index in [-0.39, 0.29) is 22.8 Å². The molecule has 12 heteroatoms. The number of hydrogen-bond acceptors (Lipinski definition) is 5. The standard InChI is InChI=1S/C18H14F5N3O4/c1-9(27)7-14(18(21,22)23)26(2)17(29)25-15-10(19)8-11(20)16(24-15)30-13-6-4-3-5-12(13)28/h3-8,28H,1-2H3,(H,24,25,29)/b14-7-. The number of aromatic hydroxyl groups is 1. The van der Waals surface area contributed by atoms with Crippen molar-refractivity contribution in [2.45, 2.75) is 13.1 Å². The number of para-hydroxylation sites is 2. The Kier molecular flexibility index (Phi) is 6.59. The van der Waals surface area contributed by atoms with Crippen LogP contribution in [0.2, 0.25) is 0 Å². The second kappa shape index (κ2) is 8.76. The molecular formula is C18H14F5N3O4. The number of ketones is 1. The lowest BCUT2D eigenvalue weighted by Crippen LogP contribution is -2.37. The van der Waals surface area contributed by atoms with E-state index in [1.54, 1.807) is 5.32 Å². The number of nitrogens with one attached hydrogen (secondary N) is 1. The molecule has 160 valence electrons. The van der Waals surface area contributed by atoms with Crippen LogP contribution in [0.3, 0.4) is 0 Å². The Morgan fingerprint density at radius 1 is 1.20 bits per heavy atom. The Balaban J connectivity index is 2.32. The van der Waals surface area contributed by atoms with Crippen molar-refractivity contribution >= 4 is 17.6 Å². The average molecular weight is 431 g/mol. The first-order chi connectivity index (χ1) is 13.9. The summed E-state index contributed by atoms with van der Waals surface area (Å²) < 4.78 is 72.2. The van der Waals surface area contributed by atoms with Crippen molar-refractivity contribution in [3.05, 3.63) is 53.7 Å². The molecule has 2 amide bonds. The van der Waals surface area contributed by atoms with E-state index in [4.69, 9.17) is 4.74 Å². The third-order valence-corrected chi connectivity index (χ3v) is 3.49. The Morgan fingerprint density at radius 2 is 1.83 bits per heavy atom. The number of anilines is 1. The Morgan fingerprint density at radius 3 is 2.40 bits per heavy atom. The number of carbonyl (C=O) groups excluding carboxylic acids is 2. The van der Waals surface area contributed by atoms with Gasteiger partial charge >= 0.3 is 12.2 Å². The van der Waals surface area contributed by atoms with Crippen molar-refractivity contribution in [3.63, 3.8) is 0 Å². The maximum Gasteiger partial charge on any atom is 0.431 e. The molecule has 0 saturated heterocycles. The predicted molar refractivity (Wildman–Crippen MR) is 93.9 cm³/mol. The third-order valence-electron chi connectivity index (χ3n) is 3.49. The number of benzene rings is 1. The zero-order valence-corrected chi connectivity index (χ0v) is 15.4. The highest BCUT2D eigenvalue weighted by atomic mass is 19.4. The van der Waals surface area contributed by atoms with Crippen molar-refractivity contribution in [1.82, 2.24) is 9.88 Å². The largest absolute Gasteiger partial charge is 0.504 e. The van der Waals surface area contributed by atoms with Gasteiger partial charge in [-0.15, -0.1) is 0 Å². The van der Waals surface area contributed by atoms with E-state index >= 15 is 0 Å². The number of ether oxygens (including phenoxy) is 1. The first-order valence-electron chi connectivity index (χ1n) is 8.06. The number of amides is 2. The van der Waals surface area contributed by atoms with Crippen molar-refractivity contribution in [3.8, 4) is 17.4 Å². The summed E-state index contributed by atoms with van der Waals surface area (Å²) >= 11 is 0. The molecule has 0 spiro atoms. The number of nitrogens with zero attached hydrogens (tertiary/aromatic N) is 2. The van der Waals surface area contributed by atoms with Crippen LogP contribution >= 0.6 is 0 Å². The molecule has 0 aliphatic heterocycles. The Bertz CT molecular complexity index is 1010. The van der Waals surface area contributed by atoms with E-state index in [0.29, 0.717) is 7.05 Å². The third kappa shape index (κ3) is 5.43. The lowest BCUT2D eigenvalue weighted by atomic mass is 10.3. The minimum Gasteiger partial charge on any atom is -0.504 e. The molecule has 2 aromatic rings. The zero-order chi connectivity index (χ0) is 22.6. The summed E-state index contributed by atoms with van der Waals surface area (Å²) in [6.45, 7) is 0.849. The normalized spacial score (nSPS) is 11.8. The fourth-order valence-corrected chi connectivity index (χ4v) is 2.11. The summed E-state index contributed by atoms with van der Waals surface area (Å²) in [5, 5.41) is 11.4. The number of rotatable bonds is 5. The van der Waals surface area contributed by atoms with Crippen LogP contribution in [0.15, 0.2) is 42.1 Å². The lowest BCUT2D eigenvalue weighted by molar-refractivity contribution is -0.116. The fraction of sp³-hybridized carbons (Fsp3) is 0.167. The van der Waals surface area contributed by atoms with Gasteiger partial charge in [0, 0.05) is 19.2 Å². The van der Waals surface area contributed by atoms with Gasteiger partial charge in [-0.3, -0.25) is 15.0 Å². The first-order valence-corrected chi connectivity index (χ1v) is 8.06. The number of allylic oxidation sites excluding steroid dienone is 2. The van der Waals surface area contributed by atoms with Gasteiger partial charge in [0.2, 0.25) is 0 Å².